The highest BCUT2D eigenvalue weighted by Gasteiger charge is 2.25. The molecule has 156 valence electrons. The second kappa shape index (κ2) is 8.84. The number of amides is 1. The largest absolute Gasteiger partial charge is 0.495 e. The third kappa shape index (κ3) is 4.54. The average molecular weight is 399 g/mol. The van der Waals surface area contributed by atoms with Crippen molar-refractivity contribution in [1.82, 2.24) is 19.7 Å². The SMILES string of the molecule is COc1ccccc1N1CCN(Cc2nc(C(=O)N3CCN(C)CC3)co2)CC1. The Bertz CT molecular complexity index is 823. The number of para-hydroxylation sites is 2. The second-order valence-corrected chi connectivity index (χ2v) is 7.66. The number of carbonyl (C=O) groups excluding carboxylic acids is 1. The quantitative estimate of drug-likeness (QED) is 0.753. The maximum atomic E-state index is 12.6. The summed E-state index contributed by atoms with van der Waals surface area (Å²) in [5.74, 6) is 1.48. The van der Waals surface area contributed by atoms with E-state index in [1.54, 1.807) is 7.11 Å². The van der Waals surface area contributed by atoms with Crippen LogP contribution in [0.15, 0.2) is 34.9 Å². The summed E-state index contributed by atoms with van der Waals surface area (Å²) in [7, 11) is 3.78. The number of anilines is 1. The predicted molar refractivity (Wildman–Crippen MR) is 110 cm³/mol. The summed E-state index contributed by atoms with van der Waals surface area (Å²) >= 11 is 0. The lowest BCUT2D eigenvalue weighted by atomic mass is 10.2. The van der Waals surface area contributed by atoms with Crippen LogP contribution in [0.2, 0.25) is 0 Å². The van der Waals surface area contributed by atoms with Crippen molar-refractivity contribution >= 4 is 11.6 Å². The molecule has 0 atom stereocenters. The zero-order valence-corrected chi connectivity index (χ0v) is 17.2. The first kappa shape index (κ1) is 19.7. The van der Waals surface area contributed by atoms with Crippen molar-refractivity contribution in [1.29, 1.82) is 0 Å². The van der Waals surface area contributed by atoms with Crippen LogP contribution < -0.4 is 9.64 Å². The Hall–Kier alpha value is -2.58. The van der Waals surface area contributed by atoms with Gasteiger partial charge in [-0.25, -0.2) is 4.98 Å². The number of piperazine rings is 2. The molecular weight excluding hydrogens is 370 g/mol. The lowest BCUT2D eigenvalue weighted by Gasteiger charge is -2.36. The fraction of sp³-hybridized carbons (Fsp3) is 0.524. The molecule has 1 amide bonds. The van der Waals surface area contributed by atoms with Gasteiger partial charge in [-0.05, 0) is 19.2 Å². The molecule has 8 nitrogen and oxygen atoms in total. The molecular formula is C21H29N5O3. The first-order valence-electron chi connectivity index (χ1n) is 10.2. The van der Waals surface area contributed by atoms with Crippen molar-refractivity contribution in [2.45, 2.75) is 6.54 Å². The normalized spacial score (nSPS) is 18.8. The summed E-state index contributed by atoms with van der Waals surface area (Å²) in [5.41, 5.74) is 1.54. The van der Waals surface area contributed by atoms with E-state index in [4.69, 9.17) is 9.15 Å². The molecule has 0 radical (unpaired) electrons. The number of likely N-dealkylation sites (N-methyl/N-ethyl adjacent to an activating group) is 1. The molecule has 2 aliphatic heterocycles. The van der Waals surface area contributed by atoms with Gasteiger partial charge in [-0.1, -0.05) is 12.1 Å². The Morgan fingerprint density at radius 2 is 1.79 bits per heavy atom. The molecule has 0 bridgehead atoms. The molecule has 1 aromatic carbocycles. The van der Waals surface area contributed by atoms with Crippen LogP contribution in [0.3, 0.4) is 0 Å². The summed E-state index contributed by atoms with van der Waals surface area (Å²) in [6, 6.07) is 8.12. The molecule has 2 saturated heterocycles. The maximum Gasteiger partial charge on any atom is 0.275 e. The van der Waals surface area contributed by atoms with Crippen molar-refractivity contribution in [2.24, 2.45) is 0 Å². The van der Waals surface area contributed by atoms with E-state index in [9.17, 15) is 4.79 Å². The van der Waals surface area contributed by atoms with E-state index < -0.39 is 0 Å². The van der Waals surface area contributed by atoms with E-state index in [0.29, 0.717) is 18.1 Å². The monoisotopic (exact) mass is 399 g/mol. The van der Waals surface area contributed by atoms with Crippen LogP contribution in [0.1, 0.15) is 16.4 Å². The Balaban J connectivity index is 1.30. The van der Waals surface area contributed by atoms with E-state index in [-0.39, 0.29) is 5.91 Å². The van der Waals surface area contributed by atoms with Crippen LogP contribution in [0, 0.1) is 0 Å². The van der Waals surface area contributed by atoms with Gasteiger partial charge in [0, 0.05) is 52.4 Å². The van der Waals surface area contributed by atoms with Crippen molar-refractivity contribution < 1.29 is 13.9 Å². The molecule has 0 N–H and O–H groups in total. The van der Waals surface area contributed by atoms with E-state index in [2.05, 4.69) is 32.8 Å². The predicted octanol–water partition coefficient (Wildman–Crippen LogP) is 1.39. The molecule has 29 heavy (non-hydrogen) atoms. The maximum absolute atomic E-state index is 12.6. The third-order valence-corrected chi connectivity index (χ3v) is 5.72. The Labute approximate surface area is 171 Å². The lowest BCUT2D eigenvalue weighted by molar-refractivity contribution is 0.0658. The minimum atomic E-state index is -0.0332. The van der Waals surface area contributed by atoms with Gasteiger partial charge >= 0.3 is 0 Å². The van der Waals surface area contributed by atoms with Gasteiger partial charge in [0.05, 0.1) is 19.3 Å². The van der Waals surface area contributed by atoms with Gasteiger partial charge < -0.3 is 23.9 Å². The fourth-order valence-corrected chi connectivity index (χ4v) is 3.88. The molecule has 1 aromatic heterocycles. The number of nitrogens with zero attached hydrogens (tertiary/aromatic N) is 5. The number of rotatable bonds is 5. The summed E-state index contributed by atoms with van der Waals surface area (Å²) in [4.78, 5) is 25.8. The number of aromatic nitrogens is 1. The Kier molecular flexibility index (Phi) is 6.01. The summed E-state index contributed by atoms with van der Waals surface area (Å²) in [6.45, 7) is 7.52. The molecule has 0 unspecified atom stereocenters. The number of methoxy groups -OCH3 is 1. The number of ether oxygens (including phenoxy) is 1. The highest BCUT2D eigenvalue weighted by Crippen LogP contribution is 2.28. The zero-order chi connectivity index (χ0) is 20.2. The van der Waals surface area contributed by atoms with Crippen LogP contribution in [-0.4, -0.2) is 92.1 Å². The fourth-order valence-electron chi connectivity index (χ4n) is 3.88. The average Bonchev–Trinajstić information content (AvgIpc) is 3.23. The zero-order valence-electron chi connectivity index (χ0n) is 17.2. The molecule has 0 spiro atoms. The topological polar surface area (TPSA) is 65.3 Å². The molecule has 2 fully saturated rings. The first-order valence-corrected chi connectivity index (χ1v) is 10.2. The molecule has 0 saturated carbocycles. The van der Waals surface area contributed by atoms with E-state index in [1.165, 1.54) is 6.26 Å². The van der Waals surface area contributed by atoms with Gasteiger partial charge in [0.2, 0.25) is 5.89 Å². The summed E-state index contributed by atoms with van der Waals surface area (Å²) < 4.78 is 11.1. The highest BCUT2D eigenvalue weighted by molar-refractivity contribution is 5.92. The van der Waals surface area contributed by atoms with Crippen LogP contribution >= 0.6 is 0 Å². The van der Waals surface area contributed by atoms with Crippen LogP contribution in [0.25, 0.3) is 0 Å². The first-order chi connectivity index (χ1) is 14.1. The molecule has 4 rings (SSSR count). The van der Waals surface area contributed by atoms with Gasteiger partial charge in [-0.2, -0.15) is 0 Å². The number of oxazole rings is 1. The lowest BCUT2D eigenvalue weighted by Crippen LogP contribution is -2.47. The number of hydrogen-bond acceptors (Lipinski definition) is 7. The van der Waals surface area contributed by atoms with Crippen molar-refractivity contribution in [3.05, 3.63) is 42.1 Å². The van der Waals surface area contributed by atoms with Crippen molar-refractivity contribution in [2.75, 3.05) is 71.4 Å². The standard InChI is InChI=1S/C21H29N5O3/c1-23-7-11-26(12-8-23)21(27)17-16-29-20(22-17)15-24-9-13-25(14-10-24)18-5-3-4-6-19(18)28-2/h3-6,16H,7-15H2,1-2H3. The van der Waals surface area contributed by atoms with Gasteiger partial charge in [0.25, 0.3) is 5.91 Å². The van der Waals surface area contributed by atoms with E-state index in [0.717, 1.165) is 63.8 Å². The molecule has 0 aliphatic carbocycles. The minimum Gasteiger partial charge on any atom is -0.495 e. The number of hydrogen-bond donors (Lipinski definition) is 0. The van der Waals surface area contributed by atoms with Crippen LogP contribution in [-0.2, 0) is 6.54 Å². The summed E-state index contributed by atoms with van der Waals surface area (Å²) in [6.07, 6.45) is 1.50. The second-order valence-electron chi connectivity index (χ2n) is 7.66. The number of carbonyl (C=O) groups is 1. The van der Waals surface area contributed by atoms with E-state index >= 15 is 0 Å². The molecule has 8 heteroatoms. The van der Waals surface area contributed by atoms with Gasteiger partial charge in [-0.3, -0.25) is 9.69 Å². The molecule has 2 aromatic rings. The number of benzene rings is 1. The van der Waals surface area contributed by atoms with E-state index in [1.807, 2.05) is 23.1 Å². The highest BCUT2D eigenvalue weighted by atomic mass is 16.5. The van der Waals surface area contributed by atoms with Crippen LogP contribution in [0.5, 0.6) is 5.75 Å². The molecule has 2 aliphatic rings. The van der Waals surface area contributed by atoms with Gasteiger partial charge in [-0.15, -0.1) is 0 Å². The molecule has 3 heterocycles. The Morgan fingerprint density at radius 3 is 2.52 bits per heavy atom. The smallest absolute Gasteiger partial charge is 0.275 e. The van der Waals surface area contributed by atoms with Crippen molar-refractivity contribution in [3.8, 4) is 5.75 Å². The van der Waals surface area contributed by atoms with Crippen LogP contribution in [0.4, 0.5) is 5.69 Å². The minimum absolute atomic E-state index is 0.0332. The third-order valence-electron chi connectivity index (χ3n) is 5.72. The Morgan fingerprint density at radius 1 is 1.07 bits per heavy atom. The van der Waals surface area contributed by atoms with Crippen molar-refractivity contribution in [3.63, 3.8) is 0 Å². The van der Waals surface area contributed by atoms with Gasteiger partial charge in [0.1, 0.15) is 12.0 Å². The summed E-state index contributed by atoms with van der Waals surface area (Å²) in [5, 5.41) is 0. The van der Waals surface area contributed by atoms with Gasteiger partial charge in [0.15, 0.2) is 5.69 Å².